The molecule has 2 bridgehead atoms. The molecule has 5 rings (SSSR count). The number of carbonyl (C=O) groups is 4. The fourth-order valence-electron chi connectivity index (χ4n) is 6.95. The first-order valence-corrected chi connectivity index (χ1v) is 15.3. The van der Waals surface area contributed by atoms with Crippen LogP contribution in [0.3, 0.4) is 0 Å². The van der Waals surface area contributed by atoms with E-state index < -0.39 is 0 Å². The molecule has 8 atom stereocenters. The van der Waals surface area contributed by atoms with Gasteiger partial charge in [0.2, 0.25) is 17.7 Å². The smallest absolute Gasteiger partial charge is 0.234 e. The number of likely N-dealkylation sites (tertiary alicyclic amines) is 1. The topological polar surface area (TPSA) is 74.8 Å². The Bertz CT molecular complexity index is 1190. The summed E-state index contributed by atoms with van der Waals surface area (Å²) in [5, 5.41) is 0. The van der Waals surface area contributed by atoms with Crippen LogP contribution in [-0.4, -0.2) is 40.9 Å². The first kappa shape index (κ1) is 33.0. The summed E-state index contributed by atoms with van der Waals surface area (Å²) < 4.78 is 0. The second-order valence-electron chi connectivity index (χ2n) is 12.0. The summed E-state index contributed by atoms with van der Waals surface area (Å²) in [4.78, 5) is 54.1. The van der Waals surface area contributed by atoms with Crippen molar-refractivity contribution in [2.75, 3.05) is 7.05 Å². The van der Waals surface area contributed by atoms with Gasteiger partial charge in [0.1, 0.15) is 6.29 Å². The maximum Gasteiger partial charge on any atom is 0.234 e. The lowest BCUT2D eigenvalue weighted by Crippen LogP contribution is -2.38. The summed E-state index contributed by atoms with van der Waals surface area (Å²) in [6.45, 7) is 17.7. The molecule has 1 aromatic rings. The van der Waals surface area contributed by atoms with E-state index >= 15 is 0 Å². The van der Waals surface area contributed by atoms with Crippen LogP contribution in [0, 0.1) is 47.3 Å². The monoisotopic (exact) mass is 572 g/mol. The van der Waals surface area contributed by atoms with E-state index in [0.717, 1.165) is 43.1 Å². The van der Waals surface area contributed by atoms with E-state index in [9.17, 15) is 19.2 Å². The zero-order chi connectivity index (χ0) is 31.0. The van der Waals surface area contributed by atoms with Gasteiger partial charge in [-0.2, -0.15) is 0 Å². The number of fused-ring (bicyclic) bond motifs is 3. The van der Waals surface area contributed by atoms with E-state index in [1.165, 1.54) is 4.90 Å². The molecule has 3 fully saturated rings. The van der Waals surface area contributed by atoms with Crippen molar-refractivity contribution in [2.24, 2.45) is 47.3 Å². The molecule has 0 N–H and O–H groups in total. The maximum absolute atomic E-state index is 13.2. The third-order valence-corrected chi connectivity index (χ3v) is 9.18. The molecule has 0 radical (unpaired) electrons. The molecule has 1 aliphatic heterocycles. The third-order valence-electron chi connectivity index (χ3n) is 9.18. The summed E-state index contributed by atoms with van der Waals surface area (Å²) in [6, 6.07) is 7.73. The van der Waals surface area contributed by atoms with Crippen molar-refractivity contribution in [1.82, 2.24) is 9.80 Å². The Morgan fingerprint density at radius 3 is 2.17 bits per heavy atom. The zero-order valence-electron chi connectivity index (χ0n) is 25.8. The first-order valence-electron chi connectivity index (χ1n) is 15.3. The average Bonchev–Trinajstić information content (AvgIpc) is 3.76. The molecule has 3 aliphatic carbocycles. The van der Waals surface area contributed by atoms with Gasteiger partial charge in [-0.3, -0.25) is 19.3 Å². The minimum Gasteiger partial charge on any atom is -0.341 e. The number of hydrogen-bond acceptors (Lipinski definition) is 4. The van der Waals surface area contributed by atoms with Crippen molar-refractivity contribution in [2.45, 2.75) is 59.5 Å². The highest BCUT2D eigenvalue weighted by molar-refractivity contribution is 6.05. The number of nitrogens with zero attached hydrogens (tertiary/aromatic N) is 2. The molecule has 2 saturated carbocycles. The quantitative estimate of drug-likeness (QED) is 0.195. The van der Waals surface area contributed by atoms with Gasteiger partial charge in [-0.05, 0) is 60.5 Å². The molecule has 6 heteroatoms. The van der Waals surface area contributed by atoms with Gasteiger partial charge >= 0.3 is 0 Å². The fourth-order valence-corrected chi connectivity index (χ4v) is 6.95. The van der Waals surface area contributed by atoms with Gasteiger partial charge in [0.25, 0.3) is 0 Å². The summed E-state index contributed by atoms with van der Waals surface area (Å²) in [5.74, 6) is -0.635. The molecule has 0 aromatic heterocycles. The molecule has 1 saturated heterocycles. The lowest BCUT2D eigenvalue weighted by molar-refractivity contribution is -0.141. The number of aldehydes is 1. The number of hydrogen-bond donors (Lipinski definition) is 0. The van der Waals surface area contributed by atoms with Crippen molar-refractivity contribution < 1.29 is 19.2 Å². The minimum atomic E-state index is -0.284. The standard InChI is InChI=1S/C28H32N2O4.2C4H8/c1-4-19-10-16(2)23-25(19)28(34)30(27(23)33)14-18-7-5-6-17(11-18)13-29(3)26(32)24-21-9-8-20(12-21)22(24)15-31;2*1-3-4-2/h4-9,11,15-16,19-25H,1,10,12-14H2,2-3H3;2*3H,1,4H2,2H3. The normalized spacial score (nSPS) is 30.0. The number of allylic oxidation sites excluding steroid dienone is 5. The van der Waals surface area contributed by atoms with Crippen LogP contribution in [0.15, 0.2) is 74.4 Å². The summed E-state index contributed by atoms with van der Waals surface area (Å²) in [7, 11) is 1.78. The van der Waals surface area contributed by atoms with Crippen LogP contribution in [-0.2, 0) is 32.3 Å². The van der Waals surface area contributed by atoms with E-state index in [1.807, 2.05) is 49.4 Å². The first-order chi connectivity index (χ1) is 20.2. The van der Waals surface area contributed by atoms with Crippen molar-refractivity contribution in [3.8, 4) is 0 Å². The molecule has 42 heavy (non-hydrogen) atoms. The van der Waals surface area contributed by atoms with Gasteiger partial charge in [0, 0.05) is 19.5 Å². The largest absolute Gasteiger partial charge is 0.341 e. The summed E-state index contributed by atoms with van der Waals surface area (Å²) in [5.41, 5.74) is 1.81. The van der Waals surface area contributed by atoms with E-state index in [2.05, 4.69) is 45.7 Å². The van der Waals surface area contributed by atoms with E-state index in [0.29, 0.717) is 6.54 Å². The highest BCUT2D eigenvalue weighted by Crippen LogP contribution is 2.49. The van der Waals surface area contributed by atoms with Gasteiger partial charge in [0.05, 0.1) is 24.3 Å². The highest BCUT2D eigenvalue weighted by Gasteiger charge is 2.56. The molecule has 3 amide bonds. The fraction of sp³-hybridized carbons (Fsp3) is 0.500. The van der Waals surface area contributed by atoms with E-state index in [-0.39, 0.29) is 71.6 Å². The molecule has 1 aromatic carbocycles. The van der Waals surface area contributed by atoms with Crippen LogP contribution in [0.5, 0.6) is 0 Å². The predicted octanol–water partition coefficient (Wildman–Crippen LogP) is 6.39. The Hall–Kier alpha value is -3.54. The van der Waals surface area contributed by atoms with Crippen LogP contribution in [0.1, 0.15) is 57.6 Å². The Kier molecular flexibility index (Phi) is 11.8. The SMILES string of the molecule is C=CC1CC(C)C2C(=O)N(Cc3cccc(CN(C)C(=O)C4C5C=CC(C5)C4C=O)c3)C(=O)C12.C=CCC.C=CCC. The second-order valence-corrected chi connectivity index (χ2v) is 12.0. The highest BCUT2D eigenvalue weighted by atomic mass is 16.2. The van der Waals surface area contributed by atoms with Crippen LogP contribution in [0.4, 0.5) is 0 Å². The van der Waals surface area contributed by atoms with Crippen LogP contribution < -0.4 is 0 Å². The Morgan fingerprint density at radius 2 is 1.57 bits per heavy atom. The number of carbonyl (C=O) groups excluding carboxylic acids is 4. The van der Waals surface area contributed by atoms with Gasteiger partial charge in [-0.1, -0.05) is 75.4 Å². The van der Waals surface area contributed by atoms with Gasteiger partial charge in [-0.15, -0.1) is 19.7 Å². The molecule has 8 unspecified atom stereocenters. The molecular weight excluding hydrogens is 524 g/mol. The molecule has 0 spiro atoms. The van der Waals surface area contributed by atoms with Crippen molar-refractivity contribution in [3.05, 3.63) is 85.5 Å². The van der Waals surface area contributed by atoms with Crippen LogP contribution >= 0.6 is 0 Å². The lowest BCUT2D eigenvalue weighted by Gasteiger charge is -2.28. The Labute approximate surface area is 252 Å². The van der Waals surface area contributed by atoms with E-state index in [1.54, 1.807) is 11.9 Å². The molecule has 4 aliphatic rings. The van der Waals surface area contributed by atoms with Crippen LogP contribution in [0.2, 0.25) is 0 Å². The average molecular weight is 573 g/mol. The Balaban J connectivity index is 0.000000540. The number of imide groups is 1. The van der Waals surface area contributed by atoms with E-state index in [4.69, 9.17) is 0 Å². The number of rotatable bonds is 9. The van der Waals surface area contributed by atoms with Gasteiger partial charge in [0.15, 0.2) is 0 Å². The molecule has 1 heterocycles. The zero-order valence-corrected chi connectivity index (χ0v) is 25.8. The van der Waals surface area contributed by atoms with Gasteiger partial charge < -0.3 is 9.69 Å². The lowest BCUT2D eigenvalue weighted by atomic mass is 9.83. The molecule has 226 valence electrons. The number of amides is 3. The van der Waals surface area contributed by atoms with Crippen molar-refractivity contribution in [1.29, 1.82) is 0 Å². The van der Waals surface area contributed by atoms with Gasteiger partial charge in [-0.25, -0.2) is 0 Å². The van der Waals surface area contributed by atoms with Crippen LogP contribution in [0.25, 0.3) is 0 Å². The van der Waals surface area contributed by atoms with Crippen molar-refractivity contribution in [3.63, 3.8) is 0 Å². The Morgan fingerprint density at radius 1 is 0.976 bits per heavy atom. The molecule has 6 nitrogen and oxygen atoms in total. The maximum atomic E-state index is 13.2. The second kappa shape index (κ2) is 15.1. The molecular formula is C36H48N2O4. The van der Waals surface area contributed by atoms with Crippen molar-refractivity contribution >= 4 is 24.0 Å². The summed E-state index contributed by atoms with van der Waals surface area (Å²) in [6.07, 6.45) is 14.6. The minimum absolute atomic E-state index is 0.00142. The number of benzene rings is 1. The summed E-state index contributed by atoms with van der Waals surface area (Å²) >= 11 is 0. The third kappa shape index (κ3) is 6.91. The predicted molar refractivity (Wildman–Crippen MR) is 168 cm³/mol.